The van der Waals surface area contributed by atoms with Gasteiger partial charge < -0.3 is 4.74 Å². The van der Waals surface area contributed by atoms with Crippen molar-refractivity contribution in [3.05, 3.63) is 88.0 Å². The van der Waals surface area contributed by atoms with Crippen LogP contribution in [-0.4, -0.2) is 6.36 Å². The summed E-state index contributed by atoms with van der Waals surface area (Å²) in [7, 11) is 0. The van der Waals surface area contributed by atoms with Crippen LogP contribution in [0.15, 0.2) is 42.5 Å². The van der Waals surface area contributed by atoms with Crippen LogP contribution >= 0.6 is 0 Å². The van der Waals surface area contributed by atoms with E-state index in [1.54, 1.807) is 12.1 Å². The molecule has 184 valence electrons. The third-order valence-corrected chi connectivity index (χ3v) is 5.98. The molecule has 3 aromatic rings. The number of halogens is 7. The van der Waals surface area contributed by atoms with E-state index in [9.17, 15) is 26.3 Å². The van der Waals surface area contributed by atoms with Gasteiger partial charge in [0.05, 0.1) is 0 Å². The number of hydrogen-bond donors (Lipinski definition) is 0. The number of unbranched alkanes of at least 4 members (excludes halogenated alkanes) is 1. The van der Waals surface area contributed by atoms with E-state index in [1.807, 2.05) is 6.07 Å². The summed E-state index contributed by atoms with van der Waals surface area (Å²) in [6, 6.07) is 9.12. The van der Waals surface area contributed by atoms with Gasteiger partial charge in [0.2, 0.25) is 5.75 Å². The zero-order chi connectivity index (χ0) is 25.3. The molecule has 0 aliphatic heterocycles. The van der Waals surface area contributed by atoms with Gasteiger partial charge in [0.1, 0.15) is 11.6 Å². The molecule has 0 N–H and O–H groups in total. The topological polar surface area (TPSA) is 9.23 Å². The molecule has 1 aliphatic rings. The van der Waals surface area contributed by atoms with E-state index in [0.29, 0.717) is 35.3 Å². The van der Waals surface area contributed by atoms with E-state index in [0.717, 1.165) is 24.8 Å². The highest BCUT2D eigenvalue weighted by molar-refractivity contribution is 5.85. The van der Waals surface area contributed by atoms with Crippen LogP contribution in [0.2, 0.25) is 0 Å². The van der Waals surface area contributed by atoms with Crippen LogP contribution in [0.4, 0.5) is 30.7 Å². The number of rotatable bonds is 6. The Morgan fingerprint density at radius 1 is 0.829 bits per heavy atom. The molecule has 35 heavy (non-hydrogen) atoms. The average molecular weight is 494 g/mol. The molecule has 1 aliphatic carbocycles. The monoisotopic (exact) mass is 494 g/mol. The Kier molecular flexibility index (Phi) is 6.92. The molecular weight excluding hydrogens is 473 g/mol. The molecular formula is C27H21F7O. The van der Waals surface area contributed by atoms with E-state index >= 15 is 4.39 Å². The zero-order valence-electron chi connectivity index (χ0n) is 18.7. The van der Waals surface area contributed by atoms with Crippen molar-refractivity contribution in [1.29, 1.82) is 0 Å². The van der Waals surface area contributed by atoms with Crippen LogP contribution in [0, 0.1) is 23.3 Å². The third kappa shape index (κ3) is 5.36. The van der Waals surface area contributed by atoms with Gasteiger partial charge in [-0.3, -0.25) is 0 Å². The van der Waals surface area contributed by atoms with Crippen LogP contribution in [0.25, 0.3) is 22.8 Å². The van der Waals surface area contributed by atoms with Crippen LogP contribution in [0.3, 0.4) is 0 Å². The standard InChI is InChI=1S/C27H21F7O/c1-2-3-4-15-5-8-19(22(28)11-15)16-6-9-20-17(12-16)7-10-21(25(20)31)18-13-23(29)26(24(30)14-18)35-27(32,33)34/h5,7-8,10-14H,2-4,6,9H2,1H3. The summed E-state index contributed by atoms with van der Waals surface area (Å²) in [5.41, 5.74) is 2.40. The smallest absolute Gasteiger partial charge is 0.399 e. The number of allylic oxidation sites excluding steroid dienone is 1. The van der Waals surface area contributed by atoms with Crippen molar-refractivity contribution < 1.29 is 35.5 Å². The Morgan fingerprint density at radius 3 is 2.14 bits per heavy atom. The number of fused-ring (bicyclic) bond motifs is 1. The van der Waals surface area contributed by atoms with Crippen molar-refractivity contribution in [2.24, 2.45) is 0 Å². The Balaban J connectivity index is 1.66. The van der Waals surface area contributed by atoms with Gasteiger partial charge in [-0.15, -0.1) is 13.2 Å². The van der Waals surface area contributed by atoms with Gasteiger partial charge in [0.25, 0.3) is 0 Å². The third-order valence-electron chi connectivity index (χ3n) is 5.98. The summed E-state index contributed by atoms with van der Waals surface area (Å²) in [5.74, 6) is -5.90. The van der Waals surface area contributed by atoms with Gasteiger partial charge in [0, 0.05) is 11.1 Å². The molecule has 8 heteroatoms. The van der Waals surface area contributed by atoms with Crippen molar-refractivity contribution in [1.82, 2.24) is 0 Å². The van der Waals surface area contributed by atoms with Gasteiger partial charge in [-0.1, -0.05) is 43.7 Å². The Hall–Kier alpha value is -3.29. The average Bonchev–Trinajstić information content (AvgIpc) is 2.79. The summed E-state index contributed by atoms with van der Waals surface area (Å²) in [4.78, 5) is 0. The Bertz CT molecular complexity index is 1270. The predicted octanol–water partition coefficient (Wildman–Crippen LogP) is 8.64. The number of alkyl halides is 3. The van der Waals surface area contributed by atoms with E-state index in [2.05, 4.69) is 11.7 Å². The molecule has 0 bridgehead atoms. The lowest BCUT2D eigenvalue weighted by Crippen LogP contribution is -2.19. The van der Waals surface area contributed by atoms with Crippen molar-refractivity contribution in [3.63, 3.8) is 0 Å². The molecule has 0 unspecified atom stereocenters. The van der Waals surface area contributed by atoms with Crippen LogP contribution in [0.5, 0.6) is 5.75 Å². The Morgan fingerprint density at radius 2 is 1.51 bits per heavy atom. The fraction of sp³-hybridized carbons (Fsp3) is 0.259. The van der Waals surface area contributed by atoms with Crippen molar-refractivity contribution in [2.45, 2.75) is 45.4 Å². The molecule has 0 atom stereocenters. The zero-order valence-corrected chi connectivity index (χ0v) is 18.7. The first-order valence-corrected chi connectivity index (χ1v) is 11.1. The summed E-state index contributed by atoms with van der Waals surface area (Å²) >= 11 is 0. The molecule has 3 aromatic carbocycles. The highest BCUT2D eigenvalue weighted by Gasteiger charge is 2.34. The van der Waals surface area contributed by atoms with Crippen molar-refractivity contribution >= 4 is 11.6 Å². The number of hydrogen-bond acceptors (Lipinski definition) is 1. The number of aryl methyl sites for hydroxylation is 1. The lowest BCUT2D eigenvalue weighted by Gasteiger charge is -2.20. The maximum atomic E-state index is 15.3. The molecule has 1 nitrogen and oxygen atoms in total. The normalized spacial score (nSPS) is 13.4. The van der Waals surface area contributed by atoms with Crippen molar-refractivity contribution in [2.75, 3.05) is 0 Å². The summed E-state index contributed by atoms with van der Waals surface area (Å²) in [6.07, 6.45) is -0.283. The van der Waals surface area contributed by atoms with E-state index < -0.39 is 29.6 Å². The molecule has 0 saturated heterocycles. The largest absolute Gasteiger partial charge is 0.573 e. The molecule has 0 amide bonds. The molecule has 0 radical (unpaired) electrons. The second kappa shape index (κ2) is 9.76. The first kappa shape index (κ1) is 24.8. The fourth-order valence-corrected chi connectivity index (χ4v) is 4.26. The minimum Gasteiger partial charge on any atom is -0.399 e. The van der Waals surface area contributed by atoms with Crippen LogP contribution < -0.4 is 4.74 Å². The van der Waals surface area contributed by atoms with Crippen molar-refractivity contribution in [3.8, 4) is 16.9 Å². The van der Waals surface area contributed by atoms with Gasteiger partial charge in [-0.05, 0) is 71.7 Å². The summed E-state index contributed by atoms with van der Waals surface area (Å²) in [6.45, 7) is 2.06. The van der Waals surface area contributed by atoms with Gasteiger partial charge in [-0.2, -0.15) is 0 Å². The van der Waals surface area contributed by atoms with Gasteiger partial charge >= 0.3 is 6.36 Å². The number of ether oxygens (including phenoxy) is 1. The van der Waals surface area contributed by atoms with Gasteiger partial charge in [0.15, 0.2) is 11.6 Å². The first-order chi connectivity index (χ1) is 16.6. The predicted molar refractivity (Wildman–Crippen MR) is 120 cm³/mol. The second-order valence-electron chi connectivity index (χ2n) is 8.40. The molecule has 0 heterocycles. The molecule has 0 aromatic heterocycles. The molecule has 0 fully saturated rings. The maximum Gasteiger partial charge on any atom is 0.573 e. The lowest BCUT2D eigenvalue weighted by atomic mass is 9.86. The van der Waals surface area contributed by atoms with Crippen LogP contribution in [-0.2, 0) is 12.8 Å². The lowest BCUT2D eigenvalue weighted by molar-refractivity contribution is -0.276. The van der Waals surface area contributed by atoms with Gasteiger partial charge in [-0.25, -0.2) is 17.6 Å². The van der Waals surface area contributed by atoms with E-state index in [4.69, 9.17) is 0 Å². The van der Waals surface area contributed by atoms with E-state index in [-0.39, 0.29) is 28.9 Å². The quantitative estimate of drug-likeness (QED) is 0.312. The minimum absolute atomic E-state index is 0.164. The van der Waals surface area contributed by atoms with E-state index in [1.165, 1.54) is 18.2 Å². The minimum atomic E-state index is -5.28. The first-order valence-electron chi connectivity index (χ1n) is 11.1. The molecule has 4 rings (SSSR count). The molecule has 0 spiro atoms. The van der Waals surface area contributed by atoms with Crippen LogP contribution in [0.1, 0.15) is 48.4 Å². The summed E-state index contributed by atoms with van der Waals surface area (Å²) in [5, 5.41) is 0. The second-order valence-corrected chi connectivity index (χ2v) is 8.40. The fourth-order valence-electron chi connectivity index (χ4n) is 4.26. The Labute approximate surface area is 197 Å². The molecule has 0 saturated carbocycles. The maximum absolute atomic E-state index is 15.3. The highest BCUT2D eigenvalue weighted by atomic mass is 19.4. The summed E-state index contributed by atoms with van der Waals surface area (Å²) < 4.78 is 98.8. The highest BCUT2D eigenvalue weighted by Crippen LogP contribution is 2.38. The SMILES string of the molecule is CCCCc1ccc(C2=Cc3ccc(-c4cc(F)c(OC(F)(F)F)c(F)c4)c(F)c3CC2)c(F)c1. The number of benzene rings is 3.